The van der Waals surface area contributed by atoms with Crippen LogP contribution in [0.4, 0.5) is 10.6 Å². The van der Waals surface area contributed by atoms with E-state index in [1.54, 1.807) is 11.1 Å². The average Bonchev–Trinajstić information content (AvgIpc) is 2.60. The van der Waals surface area contributed by atoms with Crippen molar-refractivity contribution in [1.29, 1.82) is 0 Å². The van der Waals surface area contributed by atoms with Crippen LogP contribution in [0.5, 0.6) is 0 Å². The van der Waals surface area contributed by atoms with Crippen molar-refractivity contribution in [2.45, 2.75) is 26.8 Å². The molecule has 0 radical (unpaired) electrons. The molecule has 0 aromatic carbocycles. The van der Waals surface area contributed by atoms with Gasteiger partial charge in [-0.3, -0.25) is 4.90 Å². The van der Waals surface area contributed by atoms with Crippen molar-refractivity contribution in [2.75, 3.05) is 18.0 Å². The molecule has 0 N–H and O–H groups in total. The van der Waals surface area contributed by atoms with Crippen LogP contribution in [0.3, 0.4) is 0 Å². The number of hydrogen-bond acceptors (Lipinski definition) is 2. The lowest BCUT2D eigenvalue weighted by atomic mass is 10.3. The van der Waals surface area contributed by atoms with E-state index in [0.717, 1.165) is 24.5 Å². The van der Waals surface area contributed by atoms with E-state index in [9.17, 15) is 4.79 Å². The number of anilines is 1. The maximum atomic E-state index is 12.1. The highest BCUT2D eigenvalue weighted by molar-refractivity contribution is 5.93. The Morgan fingerprint density at radius 3 is 2.69 bits per heavy atom. The second-order valence-corrected chi connectivity index (χ2v) is 4.41. The third-order valence-electron chi connectivity index (χ3n) is 2.84. The van der Waals surface area contributed by atoms with Crippen LogP contribution in [0.25, 0.3) is 0 Å². The Morgan fingerprint density at radius 2 is 2.12 bits per heavy atom. The molecular weight excluding hydrogens is 202 g/mol. The van der Waals surface area contributed by atoms with E-state index in [1.807, 2.05) is 37.8 Å². The quantitative estimate of drug-likeness (QED) is 0.763. The minimum atomic E-state index is 0.0631. The molecule has 1 aromatic rings. The first-order valence-corrected chi connectivity index (χ1v) is 5.60. The third-order valence-corrected chi connectivity index (χ3v) is 2.84. The van der Waals surface area contributed by atoms with Crippen LogP contribution in [-0.4, -0.2) is 35.0 Å². The summed E-state index contributed by atoms with van der Waals surface area (Å²) in [6, 6.07) is 4.20. The fraction of sp³-hybridized carbons (Fsp3) is 0.500. The maximum absolute atomic E-state index is 12.1. The maximum Gasteiger partial charge on any atom is 0.326 e. The van der Waals surface area contributed by atoms with Gasteiger partial charge in [-0.05, 0) is 38.5 Å². The van der Waals surface area contributed by atoms with Gasteiger partial charge in [0.2, 0.25) is 0 Å². The highest BCUT2D eigenvalue weighted by Crippen LogP contribution is 2.19. The predicted octanol–water partition coefficient (Wildman–Crippen LogP) is 2.04. The van der Waals surface area contributed by atoms with Gasteiger partial charge in [0, 0.05) is 25.3 Å². The van der Waals surface area contributed by atoms with E-state index in [1.165, 1.54) is 0 Å². The highest BCUT2D eigenvalue weighted by atomic mass is 16.2. The first kappa shape index (κ1) is 10.9. The topological polar surface area (TPSA) is 36.4 Å². The molecule has 2 amide bonds. The summed E-state index contributed by atoms with van der Waals surface area (Å²) in [5.41, 5.74) is 1.13. The van der Waals surface area contributed by atoms with Gasteiger partial charge in [0.05, 0.1) is 0 Å². The lowest BCUT2D eigenvalue weighted by Gasteiger charge is -2.21. The van der Waals surface area contributed by atoms with Gasteiger partial charge in [0.15, 0.2) is 0 Å². The fourth-order valence-corrected chi connectivity index (χ4v) is 1.91. The molecule has 4 heteroatoms. The number of hydrogen-bond donors (Lipinski definition) is 0. The Balaban J connectivity index is 2.21. The van der Waals surface area contributed by atoms with Crippen molar-refractivity contribution in [3.63, 3.8) is 0 Å². The molecule has 86 valence electrons. The molecule has 0 spiro atoms. The molecule has 2 rings (SSSR count). The van der Waals surface area contributed by atoms with Gasteiger partial charge in [-0.1, -0.05) is 0 Å². The Labute approximate surface area is 95.9 Å². The molecule has 2 heterocycles. The van der Waals surface area contributed by atoms with E-state index in [0.29, 0.717) is 0 Å². The molecule has 1 aliphatic rings. The minimum absolute atomic E-state index is 0.0631. The van der Waals surface area contributed by atoms with Crippen molar-refractivity contribution in [2.24, 2.45) is 0 Å². The number of nitrogens with zero attached hydrogens (tertiary/aromatic N) is 3. The molecular formula is C12H17N3O. The summed E-state index contributed by atoms with van der Waals surface area (Å²) in [5, 5.41) is 0. The lowest BCUT2D eigenvalue weighted by Crippen LogP contribution is -2.36. The zero-order valence-corrected chi connectivity index (χ0v) is 9.97. The SMILES string of the molecule is Cc1ccnc(N2CCN(C(C)C)C2=O)c1. The van der Waals surface area contributed by atoms with Crippen LogP contribution >= 0.6 is 0 Å². The van der Waals surface area contributed by atoms with Crippen LogP contribution in [0.15, 0.2) is 18.3 Å². The van der Waals surface area contributed by atoms with E-state index < -0.39 is 0 Å². The molecule has 1 saturated heterocycles. The Hall–Kier alpha value is -1.58. The van der Waals surface area contributed by atoms with Crippen LogP contribution < -0.4 is 4.90 Å². The molecule has 0 unspecified atom stereocenters. The molecule has 16 heavy (non-hydrogen) atoms. The average molecular weight is 219 g/mol. The van der Waals surface area contributed by atoms with Crippen molar-refractivity contribution in [1.82, 2.24) is 9.88 Å². The third kappa shape index (κ3) is 1.87. The number of pyridine rings is 1. The van der Waals surface area contributed by atoms with Crippen molar-refractivity contribution in [3.05, 3.63) is 23.9 Å². The second kappa shape index (κ2) is 4.12. The zero-order valence-electron chi connectivity index (χ0n) is 9.97. The molecule has 0 bridgehead atoms. The normalized spacial score (nSPS) is 16.4. The van der Waals surface area contributed by atoms with Gasteiger partial charge in [-0.25, -0.2) is 9.78 Å². The van der Waals surface area contributed by atoms with Crippen LogP contribution in [0.1, 0.15) is 19.4 Å². The standard InChI is InChI=1S/C12H17N3O/c1-9(2)14-6-7-15(12(14)16)11-8-10(3)4-5-13-11/h4-5,8-9H,6-7H2,1-3H3. The number of urea groups is 1. The number of aryl methyl sites for hydroxylation is 1. The van der Waals surface area contributed by atoms with E-state index in [2.05, 4.69) is 4.98 Å². The van der Waals surface area contributed by atoms with Gasteiger partial charge < -0.3 is 4.90 Å². The van der Waals surface area contributed by atoms with Crippen molar-refractivity contribution in [3.8, 4) is 0 Å². The molecule has 1 fully saturated rings. The highest BCUT2D eigenvalue weighted by Gasteiger charge is 2.31. The van der Waals surface area contributed by atoms with E-state index in [4.69, 9.17) is 0 Å². The largest absolute Gasteiger partial charge is 0.326 e. The summed E-state index contributed by atoms with van der Waals surface area (Å²) in [5.74, 6) is 0.758. The number of rotatable bonds is 2. The van der Waals surface area contributed by atoms with Crippen LogP contribution in [0, 0.1) is 6.92 Å². The predicted molar refractivity (Wildman–Crippen MR) is 63.6 cm³/mol. The van der Waals surface area contributed by atoms with Crippen LogP contribution in [0.2, 0.25) is 0 Å². The first-order valence-electron chi connectivity index (χ1n) is 5.60. The summed E-state index contributed by atoms with van der Waals surface area (Å²) < 4.78 is 0. The molecule has 0 aliphatic carbocycles. The van der Waals surface area contributed by atoms with E-state index in [-0.39, 0.29) is 12.1 Å². The van der Waals surface area contributed by atoms with Gasteiger partial charge >= 0.3 is 6.03 Å². The Morgan fingerprint density at radius 1 is 1.38 bits per heavy atom. The lowest BCUT2D eigenvalue weighted by molar-refractivity contribution is 0.209. The summed E-state index contributed by atoms with van der Waals surface area (Å²) in [7, 11) is 0. The molecule has 1 aromatic heterocycles. The Kier molecular flexibility index (Phi) is 2.81. The van der Waals surface area contributed by atoms with E-state index >= 15 is 0 Å². The molecule has 4 nitrogen and oxygen atoms in total. The molecule has 1 aliphatic heterocycles. The smallest absolute Gasteiger partial charge is 0.320 e. The first-order chi connectivity index (χ1) is 7.59. The second-order valence-electron chi connectivity index (χ2n) is 4.41. The van der Waals surface area contributed by atoms with Crippen molar-refractivity contribution < 1.29 is 4.79 Å². The van der Waals surface area contributed by atoms with Gasteiger partial charge in [-0.2, -0.15) is 0 Å². The van der Waals surface area contributed by atoms with Gasteiger partial charge in [0.1, 0.15) is 5.82 Å². The monoisotopic (exact) mass is 219 g/mol. The zero-order chi connectivity index (χ0) is 11.7. The van der Waals surface area contributed by atoms with Gasteiger partial charge in [-0.15, -0.1) is 0 Å². The minimum Gasteiger partial charge on any atom is -0.320 e. The summed E-state index contributed by atoms with van der Waals surface area (Å²) >= 11 is 0. The molecule has 0 saturated carbocycles. The Bertz CT molecular complexity index is 403. The molecule has 0 atom stereocenters. The van der Waals surface area contributed by atoms with Gasteiger partial charge in [0.25, 0.3) is 0 Å². The number of carbonyl (C=O) groups is 1. The number of amides is 2. The summed E-state index contributed by atoms with van der Waals surface area (Å²) in [4.78, 5) is 19.9. The summed E-state index contributed by atoms with van der Waals surface area (Å²) in [6.07, 6.45) is 1.75. The number of carbonyl (C=O) groups excluding carboxylic acids is 1. The fourth-order valence-electron chi connectivity index (χ4n) is 1.91. The summed E-state index contributed by atoms with van der Waals surface area (Å²) in [6.45, 7) is 7.58. The van der Waals surface area contributed by atoms with Crippen molar-refractivity contribution >= 4 is 11.8 Å². The number of aromatic nitrogens is 1. The van der Waals surface area contributed by atoms with Crippen LogP contribution in [-0.2, 0) is 0 Å².